The highest BCUT2D eigenvalue weighted by Gasteiger charge is 2.38. The van der Waals surface area contributed by atoms with Gasteiger partial charge in [0.05, 0.1) is 13.0 Å². The lowest BCUT2D eigenvalue weighted by Crippen LogP contribution is -2.22. The molecule has 0 aromatic heterocycles. The molecular formula is C14H16O3. The minimum Gasteiger partial charge on any atom is -0.469 e. The van der Waals surface area contributed by atoms with Gasteiger partial charge in [0, 0.05) is 12.3 Å². The third-order valence-corrected chi connectivity index (χ3v) is 3.39. The summed E-state index contributed by atoms with van der Waals surface area (Å²) in [6, 6.07) is 7.94. The molecule has 2 rings (SSSR count). The van der Waals surface area contributed by atoms with Crippen LogP contribution in [-0.2, 0) is 20.7 Å². The number of rotatable bonds is 3. The first-order valence-electron chi connectivity index (χ1n) is 5.78. The van der Waals surface area contributed by atoms with E-state index in [1.807, 2.05) is 24.3 Å². The van der Waals surface area contributed by atoms with E-state index in [9.17, 15) is 9.59 Å². The number of ketones is 1. The van der Waals surface area contributed by atoms with E-state index in [4.69, 9.17) is 4.74 Å². The summed E-state index contributed by atoms with van der Waals surface area (Å²) in [5.41, 5.74) is 2.28. The molecule has 0 bridgehead atoms. The summed E-state index contributed by atoms with van der Waals surface area (Å²) in [6.07, 6.45) is 1.09. The van der Waals surface area contributed by atoms with Crippen molar-refractivity contribution in [2.75, 3.05) is 7.11 Å². The van der Waals surface area contributed by atoms with E-state index in [-0.39, 0.29) is 23.6 Å². The molecule has 0 radical (unpaired) electrons. The highest BCUT2D eigenvalue weighted by Crippen LogP contribution is 2.40. The van der Waals surface area contributed by atoms with Gasteiger partial charge in [0.1, 0.15) is 5.78 Å². The summed E-state index contributed by atoms with van der Waals surface area (Å²) < 4.78 is 4.83. The topological polar surface area (TPSA) is 43.4 Å². The first-order valence-corrected chi connectivity index (χ1v) is 5.78. The van der Waals surface area contributed by atoms with Crippen molar-refractivity contribution >= 4 is 11.8 Å². The molecule has 0 spiro atoms. The fourth-order valence-corrected chi connectivity index (χ4v) is 2.64. The molecule has 0 unspecified atom stereocenters. The minimum atomic E-state index is -0.215. The van der Waals surface area contributed by atoms with E-state index in [1.54, 1.807) is 6.92 Å². The summed E-state index contributed by atoms with van der Waals surface area (Å²) >= 11 is 0. The van der Waals surface area contributed by atoms with Crippen molar-refractivity contribution in [1.82, 2.24) is 0 Å². The van der Waals surface area contributed by atoms with Crippen LogP contribution in [0.3, 0.4) is 0 Å². The minimum absolute atomic E-state index is 0.0175. The molecule has 0 amide bonds. The Morgan fingerprint density at radius 2 is 2.06 bits per heavy atom. The van der Waals surface area contributed by atoms with Crippen LogP contribution >= 0.6 is 0 Å². The van der Waals surface area contributed by atoms with E-state index < -0.39 is 0 Å². The molecular weight excluding hydrogens is 216 g/mol. The second-order valence-corrected chi connectivity index (χ2v) is 4.55. The van der Waals surface area contributed by atoms with Gasteiger partial charge in [-0.1, -0.05) is 24.3 Å². The first-order chi connectivity index (χ1) is 8.13. The predicted octanol–water partition coefficient (Wildman–Crippen LogP) is 2.09. The van der Waals surface area contributed by atoms with Gasteiger partial charge in [0.15, 0.2) is 0 Å². The highest BCUT2D eigenvalue weighted by molar-refractivity contribution is 5.80. The van der Waals surface area contributed by atoms with Gasteiger partial charge < -0.3 is 9.53 Å². The molecule has 1 aromatic rings. The van der Waals surface area contributed by atoms with Crippen LogP contribution in [0.2, 0.25) is 0 Å². The van der Waals surface area contributed by atoms with Crippen LogP contribution in [0.1, 0.15) is 30.4 Å². The summed E-state index contributed by atoms with van der Waals surface area (Å²) in [7, 11) is 1.40. The van der Waals surface area contributed by atoms with Crippen LogP contribution < -0.4 is 0 Å². The number of esters is 1. The Hall–Kier alpha value is -1.64. The average molecular weight is 232 g/mol. The molecule has 3 heteroatoms. The van der Waals surface area contributed by atoms with Gasteiger partial charge >= 0.3 is 5.97 Å². The van der Waals surface area contributed by atoms with Gasteiger partial charge in [0.2, 0.25) is 0 Å². The van der Waals surface area contributed by atoms with E-state index >= 15 is 0 Å². The Kier molecular flexibility index (Phi) is 3.27. The number of ether oxygens (including phenoxy) is 1. The maximum Gasteiger partial charge on any atom is 0.309 e. The molecule has 90 valence electrons. The molecule has 0 saturated heterocycles. The summed E-state index contributed by atoms with van der Waals surface area (Å²) in [4.78, 5) is 23.1. The monoisotopic (exact) mass is 232 g/mol. The second-order valence-electron chi connectivity index (χ2n) is 4.55. The number of carbonyl (C=O) groups excluding carboxylic acids is 2. The highest BCUT2D eigenvalue weighted by atomic mass is 16.5. The Bertz CT molecular complexity index is 451. The zero-order valence-electron chi connectivity index (χ0n) is 10.1. The molecule has 0 heterocycles. The molecule has 3 nitrogen and oxygen atoms in total. The van der Waals surface area contributed by atoms with Gasteiger partial charge in [-0.25, -0.2) is 0 Å². The summed E-state index contributed by atoms with van der Waals surface area (Å²) in [5.74, 6) is -0.328. The van der Waals surface area contributed by atoms with Crippen LogP contribution in [0.25, 0.3) is 0 Å². The Morgan fingerprint density at radius 3 is 2.71 bits per heavy atom. The lowest BCUT2D eigenvalue weighted by atomic mass is 9.88. The zero-order valence-corrected chi connectivity index (χ0v) is 10.1. The van der Waals surface area contributed by atoms with Gasteiger partial charge in [0.25, 0.3) is 0 Å². The number of carbonyl (C=O) groups is 2. The summed E-state index contributed by atoms with van der Waals surface area (Å²) in [5, 5.41) is 0. The maximum atomic E-state index is 11.7. The quantitative estimate of drug-likeness (QED) is 0.749. The van der Waals surface area contributed by atoms with Crippen molar-refractivity contribution < 1.29 is 14.3 Å². The lowest BCUT2D eigenvalue weighted by Gasteiger charge is -2.16. The van der Waals surface area contributed by atoms with Gasteiger partial charge in [-0.2, -0.15) is 0 Å². The van der Waals surface area contributed by atoms with Crippen LogP contribution in [0, 0.1) is 5.92 Å². The van der Waals surface area contributed by atoms with E-state index in [1.165, 1.54) is 7.11 Å². The fourth-order valence-electron chi connectivity index (χ4n) is 2.64. The van der Waals surface area contributed by atoms with E-state index in [2.05, 4.69) is 0 Å². The lowest BCUT2D eigenvalue weighted by molar-refractivity contribution is -0.146. The molecule has 0 saturated carbocycles. The zero-order chi connectivity index (χ0) is 12.4. The number of fused-ring (bicyclic) bond motifs is 1. The molecule has 1 aliphatic rings. The van der Waals surface area contributed by atoms with Crippen molar-refractivity contribution in [1.29, 1.82) is 0 Å². The number of Topliss-reactive ketones (excluding diaryl/α,β-unsaturated/α-hetero) is 1. The molecule has 0 aliphatic heterocycles. The number of hydrogen-bond acceptors (Lipinski definition) is 3. The Labute approximate surface area is 101 Å². The average Bonchev–Trinajstić information content (AvgIpc) is 2.67. The molecule has 2 atom stereocenters. The molecule has 1 aromatic carbocycles. The van der Waals surface area contributed by atoms with E-state index in [0.29, 0.717) is 12.8 Å². The van der Waals surface area contributed by atoms with Crippen molar-refractivity contribution in [2.45, 2.75) is 25.7 Å². The molecule has 0 fully saturated rings. The standard InChI is InChI=1S/C14H16O3/c1-9(15)7-12-11-6-4-3-5-10(11)8-13(12)14(16)17-2/h3-6,12-13H,7-8H2,1-2H3/t12-,13+/m1/s1. The van der Waals surface area contributed by atoms with Crippen LogP contribution in [0.4, 0.5) is 0 Å². The predicted molar refractivity (Wildman–Crippen MR) is 63.7 cm³/mol. The molecule has 0 N–H and O–H groups in total. The third-order valence-electron chi connectivity index (χ3n) is 3.39. The normalized spacial score (nSPS) is 22.0. The second kappa shape index (κ2) is 4.70. The Balaban J connectivity index is 2.33. The number of methoxy groups -OCH3 is 1. The van der Waals surface area contributed by atoms with Crippen LogP contribution in [0.5, 0.6) is 0 Å². The SMILES string of the molecule is COC(=O)[C@H]1Cc2ccccc2[C@H]1CC(C)=O. The molecule has 1 aliphatic carbocycles. The number of hydrogen-bond donors (Lipinski definition) is 0. The van der Waals surface area contributed by atoms with Crippen molar-refractivity contribution in [3.63, 3.8) is 0 Å². The van der Waals surface area contributed by atoms with Crippen LogP contribution in [0.15, 0.2) is 24.3 Å². The van der Waals surface area contributed by atoms with E-state index in [0.717, 1.165) is 11.1 Å². The largest absolute Gasteiger partial charge is 0.469 e. The number of benzene rings is 1. The Morgan fingerprint density at radius 1 is 1.35 bits per heavy atom. The van der Waals surface area contributed by atoms with Crippen molar-refractivity contribution in [2.24, 2.45) is 5.92 Å². The smallest absolute Gasteiger partial charge is 0.309 e. The van der Waals surface area contributed by atoms with Crippen molar-refractivity contribution in [3.8, 4) is 0 Å². The van der Waals surface area contributed by atoms with Crippen molar-refractivity contribution in [3.05, 3.63) is 35.4 Å². The summed E-state index contributed by atoms with van der Waals surface area (Å²) in [6.45, 7) is 1.56. The van der Waals surface area contributed by atoms with Gasteiger partial charge in [-0.05, 0) is 24.5 Å². The maximum absolute atomic E-state index is 11.7. The first kappa shape index (κ1) is 11.8. The fraction of sp³-hybridized carbons (Fsp3) is 0.429. The van der Waals surface area contributed by atoms with Gasteiger partial charge in [-0.3, -0.25) is 4.79 Å². The molecule has 17 heavy (non-hydrogen) atoms. The van der Waals surface area contributed by atoms with Crippen LogP contribution in [-0.4, -0.2) is 18.9 Å². The third kappa shape index (κ3) is 2.23. The van der Waals surface area contributed by atoms with Gasteiger partial charge in [-0.15, -0.1) is 0 Å².